The van der Waals surface area contributed by atoms with Gasteiger partial charge < -0.3 is 4.90 Å². The van der Waals surface area contributed by atoms with Gasteiger partial charge in [0.1, 0.15) is 5.54 Å². The predicted octanol–water partition coefficient (Wildman–Crippen LogP) is 1.68. The Balaban J connectivity index is 1.97. The summed E-state index contributed by atoms with van der Waals surface area (Å²) in [4.78, 5) is 4.84. The molecule has 1 aliphatic heterocycles. The standard InChI is InChI=1S/C16H30N4/c1-4-9-18-16(12-17,14-7-8-14)13-20(3)15-6-5-10-19(2)11-15/h14-15,18H,4-11,13H2,1-3H3. The van der Waals surface area contributed by atoms with Crippen molar-refractivity contribution < 1.29 is 0 Å². The van der Waals surface area contributed by atoms with Crippen LogP contribution in [0.25, 0.3) is 0 Å². The molecule has 0 amide bonds. The van der Waals surface area contributed by atoms with Gasteiger partial charge in [0.25, 0.3) is 0 Å². The van der Waals surface area contributed by atoms with Crippen molar-refractivity contribution in [2.24, 2.45) is 5.92 Å². The van der Waals surface area contributed by atoms with Gasteiger partial charge in [0, 0.05) is 19.1 Å². The molecule has 1 aliphatic carbocycles. The Kier molecular flexibility index (Phi) is 5.42. The molecule has 0 aromatic heterocycles. The smallest absolute Gasteiger partial charge is 0.122 e. The first kappa shape index (κ1) is 15.8. The summed E-state index contributed by atoms with van der Waals surface area (Å²) in [5.41, 5.74) is -0.319. The third-order valence-electron chi connectivity index (χ3n) is 4.89. The molecule has 114 valence electrons. The fourth-order valence-electron chi connectivity index (χ4n) is 3.44. The van der Waals surface area contributed by atoms with Crippen LogP contribution < -0.4 is 5.32 Å². The highest BCUT2D eigenvalue weighted by Crippen LogP contribution is 2.40. The Morgan fingerprint density at radius 2 is 2.15 bits per heavy atom. The number of rotatable bonds is 7. The van der Waals surface area contributed by atoms with Crippen molar-refractivity contribution in [1.82, 2.24) is 15.1 Å². The number of nitrogens with zero attached hydrogens (tertiary/aromatic N) is 3. The molecule has 0 radical (unpaired) electrons. The molecule has 0 spiro atoms. The molecule has 2 fully saturated rings. The highest BCUT2D eigenvalue weighted by atomic mass is 15.2. The van der Waals surface area contributed by atoms with Crippen molar-refractivity contribution in [3.63, 3.8) is 0 Å². The van der Waals surface area contributed by atoms with Crippen LogP contribution in [0.4, 0.5) is 0 Å². The van der Waals surface area contributed by atoms with Gasteiger partial charge in [-0.15, -0.1) is 0 Å². The summed E-state index contributed by atoms with van der Waals surface area (Å²) in [5.74, 6) is 0.558. The van der Waals surface area contributed by atoms with E-state index in [0.717, 1.165) is 26.1 Å². The topological polar surface area (TPSA) is 42.3 Å². The SMILES string of the molecule is CCCNC(C#N)(CN(C)C1CCCN(C)C1)C1CC1. The molecule has 2 aliphatic rings. The Bertz CT molecular complexity index is 347. The predicted molar refractivity (Wildman–Crippen MR) is 82.5 cm³/mol. The van der Waals surface area contributed by atoms with E-state index in [9.17, 15) is 5.26 Å². The van der Waals surface area contributed by atoms with Gasteiger partial charge >= 0.3 is 0 Å². The summed E-state index contributed by atoms with van der Waals surface area (Å²) in [5, 5.41) is 13.3. The van der Waals surface area contributed by atoms with E-state index in [2.05, 4.69) is 42.2 Å². The summed E-state index contributed by atoms with van der Waals surface area (Å²) in [6, 6.07) is 3.23. The Morgan fingerprint density at radius 3 is 2.70 bits per heavy atom. The van der Waals surface area contributed by atoms with E-state index >= 15 is 0 Å². The minimum absolute atomic E-state index is 0.319. The highest BCUT2D eigenvalue weighted by molar-refractivity contribution is 5.16. The number of nitrogens with one attached hydrogen (secondary N) is 1. The average molecular weight is 278 g/mol. The third kappa shape index (κ3) is 3.72. The lowest BCUT2D eigenvalue weighted by Crippen LogP contribution is -2.57. The van der Waals surface area contributed by atoms with Crippen LogP contribution in [0.2, 0.25) is 0 Å². The van der Waals surface area contributed by atoms with Gasteiger partial charge in [-0.25, -0.2) is 0 Å². The van der Waals surface area contributed by atoms with E-state index in [1.807, 2.05) is 0 Å². The van der Waals surface area contributed by atoms with E-state index in [-0.39, 0.29) is 5.54 Å². The molecule has 1 heterocycles. The van der Waals surface area contributed by atoms with Crippen LogP contribution in [0.1, 0.15) is 39.0 Å². The second kappa shape index (κ2) is 6.89. The quantitative estimate of drug-likeness (QED) is 0.769. The highest BCUT2D eigenvalue weighted by Gasteiger charge is 2.46. The lowest BCUT2D eigenvalue weighted by molar-refractivity contribution is 0.109. The van der Waals surface area contributed by atoms with Crippen LogP contribution in [0.3, 0.4) is 0 Å². The molecule has 1 N–H and O–H groups in total. The minimum atomic E-state index is -0.319. The van der Waals surface area contributed by atoms with Crippen LogP contribution in [0.15, 0.2) is 0 Å². The summed E-state index contributed by atoms with van der Waals surface area (Å²) in [6.07, 6.45) is 6.05. The third-order valence-corrected chi connectivity index (χ3v) is 4.89. The maximum absolute atomic E-state index is 9.76. The summed E-state index contributed by atoms with van der Waals surface area (Å²) < 4.78 is 0. The molecule has 0 aromatic carbocycles. The molecule has 0 aromatic rings. The minimum Gasteiger partial charge on any atom is -0.305 e. The monoisotopic (exact) mass is 278 g/mol. The molecule has 0 bridgehead atoms. The lowest BCUT2D eigenvalue weighted by atomic mass is 9.92. The van der Waals surface area contributed by atoms with Gasteiger partial charge in [0.05, 0.1) is 6.07 Å². The second-order valence-corrected chi connectivity index (χ2v) is 6.76. The Morgan fingerprint density at radius 1 is 1.40 bits per heavy atom. The van der Waals surface area contributed by atoms with Gasteiger partial charge in [-0.2, -0.15) is 5.26 Å². The number of likely N-dealkylation sites (tertiary alicyclic amines) is 1. The van der Waals surface area contributed by atoms with E-state index in [1.54, 1.807) is 0 Å². The van der Waals surface area contributed by atoms with Crippen LogP contribution in [-0.2, 0) is 0 Å². The largest absolute Gasteiger partial charge is 0.305 e. The first-order chi connectivity index (χ1) is 9.61. The number of hydrogen-bond acceptors (Lipinski definition) is 4. The van der Waals surface area contributed by atoms with E-state index in [4.69, 9.17) is 0 Å². The first-order valence-electron chi connectivity index (χ1n) is 8.16. The van der Waals surface area contributed by atoms with Crippen LogP contribution >= 0.6 is 0 Å². The number of nitriles is 1. The van der Waals surface area contributed by atoms with E-state index < -0.39 is 0 Å². The molecule has 4 nitrogen and oxygen atoms in total. The fourth-order valence-corrected chi connectivity index (χ4v) is 3.44. The molecule has 1 saturated heterocycles. The molecule has 2 rings (SSSR count). The maximum atomic E-state index is 9.76. The normalized spacial score (nSPS) is 27.2. The molecule has 2 unspecified atom stereocenters. The van der Waals surface area contributed by atoms with Gasteiger partial charge in [-0.1, -0.05) is 6.92 Å². The van der Waals surface area contributed by atoms with Crippen LogP contribution in [0, 0.1) is 17.2 Å². The van der Waals surface area contributed by atoms with Gasteiger partial charge in [0.2, 0.25) is 0 Å². The van der Waals surface area contributed by atoms with Crippen molar-refractivity contribution in [2.45, 2.75) is 50.6 Å². The molecule has 1 saturated carbocycles. The van der Waals surface area contributed by atoms with E-state index in [1.165, 1.54) is 32.2 Å². The number of piperidine rings is 1. The van der Waals surface area contributed by atoms with Crippen LogP contribution in [0.5, 0.6) is 0 Å². The van der Waals surface area contributed by atoms with Crippen molar-refractivity contribution in [3.05, 3.63) is 0 Å². The lowest BCUT2D eigenvalue weighted by Gasteiger charge is -2.40. The van der Waals surface area contributed by atoms with Crippen molar-refractivity contribution in [3.8, 4) is 6.07 Å². The summed E-state index contributed by atoms with van der Waals surface area (Å²) in [6.45, 7) is 6.33. The average Bonchev–Trinajstić information content (AvgIpc) is 3.28. The van der Waals surface area contributed by atoms with Crippen molar-refractivity contribution in [2.75, 3.05) is 40.3 Å². The fraction of sp³-hybridized carbons (Fsp3) is 0.938. The molecular weight excluding hydrogens is 248 g/mol. The maximum Gasteiger partial charge on any atom is 0.122 e. The van der Waals surface area contributed by atoms with Crippen molar-refractivity contribution >= 4 is 0 Å². The summed E-state index contributed by atoms with van der Waals surface area (Å²) >= 11 is 0. The first-order valence-corrected chi connectivity index (χ1v) is 8.16. The zero-order valence-corrected chi connectivity index (χ0v) is 13.4. The Hall–Kier alpha value is -0.630. The number of hydrogen-bond donors (Lipinski definition) is 1. The molecule has 2 atom stereocenters. The summed E-state index contributed by atoms with van der Waals surface area (Å²) in [7, 11) is 4.40. The zero-order valence-electron chi connectivity index (χ0n) is 13.4. The number of likely N-dealkylation sites (N-methyl/N-ethyl adjacent to an activating group) is 2. The van der Waals surface area contributed by atoms with Crippen molar-refractivity contribution in [1.29, 1.82) is 5.26 Å². The molecule has 4 heteroatoms. The molecule has 20 heavy (non-hydrogen) atoms. The zero-order chi connectivity index (χ0) is 14.6. The van der Waals surface area contributed by atoms with E-state index in [0.29, 0.717) is 12.0 Å². The van der Waals surface area contributed by atoms with Crippen LogP contribution in [-0.4, -0.2) is 61.7 Å². The van der Waals surface area contributed by atoms with Gasteiger partial charge in [-0.05, 0) is 65.2 Å². The second-order valence-electron chi connectivity index (χ2n) is 6.76. The van der Waals surface area contributed by atoms with Gasteiger partial charge in [0.15, 0.2) is 0 Å². The van der Waals surface area contributed by atoms with Gasteiger partial charge in [-0.3, -0.25) is 10.2 Å². The Labute approximate surface area is 124 Å². The molecular formula is C16H30N4.